The highest BCUT2D eigenvalue weighted by Gasteiger charge is 2.09. The van der Waals surface area contributed by atoms with E-state index >= 15 is 0 Å². The fourth-order valence-electron chi connectivity index (χ4n) is 3.52. The summed E-state index contributed by atoms with van der Waals surface area (Å²) in [4.78, 5) is 25.8. The molecule has 0 bridgehead atoms. The van der Waals surface area contributed by atoms with Gasteiger partial charge >= 0.3 is 0 Å². The molecule has 1 heterocycles. The maximum absolute atomic E-state index is 13.5. The van der Waals surface area contributed by atoms with E-state index in [1.54, 1.807) is 18.2 Å². The Bertz CT molecular complexity index is 1170. The Labute approximate surface area is 234 Å². The lowest BCUT2D eigenvalue weighted by Crippen LogP contribution is -2.27. The fraction of sp³-hybridized carbons (Fsp3) is 0.429. The zero-order valence-electron chi connectivity index (χ0n) is 22.9. The number of nitrogens with one attached hydrogen (secondary N) is 4. The standard InChI is InChI=1S/C28H39FN8O3/c1-2-3-12-32-26-35-27(37-28(36-26)34-20-22-5-4-6-24(29)18-22)33-19-21-7-9-23(10-8-21)25(38)31-13-15-40-17-16-39-14-11-30/h4-10,18H,2-3,11-17,19-20,30H2,1H3,(H,31,38)(H3,32,33,34,35,36,37). The average Bonchev–Trinajstić information content (AvgIpc) is 2.97. The number of hydrogen-bond acceptors (Lipinski definition) is 10. The van der Waals surface area contributed by atoms with Gasteiger partial charge in [-0.2, -0.15) is 15.0 Å². The molecule has 0 spiro atoms. The molecule has 0 saturated carbocycles. The summed E-state index contributed by atoms with van der Waals surface area (Å²) in [6.45, 7) is 6.41. The van der Waals surface area contributed by atoms with Gasteiger partial charge in [0.05, 0.1) is 26.4 Å². The summed E-state index contributed by atoms with van der Waals surface area (Å²) < 4.78 is 24.2. The second kappa shape index (κ2) is 17.7. The summed E-state index contributed by atoms with van der Waals surface area (Å²) in [5.41, 5.74) is 7.64. The minimum atomic E-state index is -0.294. The van der Waals surface area contributed by atoms with Crippen molar-refractivity contribution in [1.29, 1.82) is 0 Å². The average molecular weight is 555 g/mol. The van der Waals surface area contributed by atoms with Crippen molar-refractivity contribution in [3.8, 4) is 0 Å². The van der Waals surface area contributed by atoms with Crippen molar-refractivity contribution >= 4 is 23.8 Å². The molecule has 0 saturated heterocycles. The van der Waals surface area contributed by atoms with Crippen molar-refractivity contribution in [1.82, 2.24) is 20.3 Å². The normalized spacial score (nSPS) is 10.8. The number of nitrogens with two attached hydrogens (primary N) is 1. The van der Waals surface area contributed by atoms with Crippen LogP contribution in [0.25, 0.3) is 0 Å². The Morgan fingerprint density at radius 2 is 1.48 bits per heavy atom. The number of hydrogen-bond donors (Lipinski definition) is 5. The van der Waals surface area contributed by atoms with Gasteiger partial charge in [-0.15, -0.1) is 0 Å². The van der Waals surface area contributed by atoms with Gasteiger partial charge in [-0.25, -0.2) is 4.39 Å². The molecular weight excluding hydrogens is 515 g/mol. The predicted molar refractivity (Wildman–Crippen MR) is 154 cm³/mol. The molecule has 1 aromatic heterocycles. The molecule has 3 aromatic rings. The molecule has 11 nitrogen and oxygen atoms in total. The molecule has 0 aliphatic rings. The SMILES string of the molecule is CCCCNc1nc(NCc2ccc(C(=O)NCCOCCOCCN)cc2)nc(NCc2cccc(F)c2)n1. The zero-order valence-corrected chi connectivity index (χ0v) is 22.9. The van der Waals surface area contributed by atoms with Crippen LogP contribution < -0.4 is 27.0 Å². The van der Waals surface area contributed by atoms with Crippen molar-refractivity contribution in [3.63, 3.8) is 0 Å². The summed E-state index contributed by atoms with van der Waals surface area (Å²) in [5, 5.41) is 12.4. The Morgan fingerprint density at radius 3 is 2.12 bits per heavy atom. The van der Waals surface area contributed by atoms with E-state index in [2.05, 4.69) is 43.1 Å². The molecular formula is C28H39FN8O3. The maximum atomic E-state index is 13.5. The van der Waals surface area contributed by atoms with Gasteiger partial charge < -0.3 is 36.5 Å². The number of halogens is 1. The molecule has 0 unspecified atom stereocenters. The van der Waals surface area contributed by atoms with Crippen LogP contribution >= 0.6 is 0 Å². The van der Waals surface area contributed by atoms with Crippen molar-refractivity contribution in [3.05, 3.63) is 71.0 Å². The third-order valence-corrected chi connectivity index (χ3v) is 5.62. The Kier molecular flexibility index (Phi) is 13.5. The fourth-order valence-corrected chi connectivity index (χ4v) is 3.52. The summed E-state index contributed by atoms with van der Waals surface area (Å²) >= 11 is 0. The number of unbranched alkanes of at least 4 members (excludes halogenated alkanes) is 1. The van der Waals surface area contributed by atoms with E-state index in [1.165, 1.54) is 12.1 Å². The monoisotopic (exact) mass is 554 g/mol. The number of amides is 1. The molecule has 2 aromatic carbocycles. The number of anilines is 3. The molecule has 6 N–H and O–H groups in total. The minimum Gasteiger partial charge on any atom is -0.378 e. The first-order valence-electron chi connectivity index (χ1n) is 13.5. The maximum Gasteiger partial charge on any atom is 0.251 e. The van der Waals surface area contributed by atoms with Crippen LogP contribution in [0.5, 0.6) is 0 Å². The second-order valence-corrected chi connectivity index (χ2v) is 8.89. The Balaban J connectivity index is 1.50. The van der Waals surface area contributed by atoms with E-state index in [4.69, 9.17) is 15.2 Å². The van der Waals surface area contributed by atoms with Gasteiger partial charge in [0.2, 0.25) is 17.8 Å². The first-order chi connectivity index (χ1) is 19.6. The lowest BCUT2D eigenvalue weighted by Gasteiger charge is -2.12. The quantitative estimate of drug-likeness (QED) is 0.140. The summed E-state index contributed by atoms with van der Waals surface area (Å²) in [6.07, 6.45) is 2.03. The van der Waals surface area contributed by atoms with Crippen molar-refractivity contribution in [2.75, 3.05) is 62.0 Å². The van der Waals surface area contributed by atoms with Gasteiger partial charge in [0.15, 0.2) is 0 Å². The first-order valence-corrected chi connectivity index (χ1v) is 13.5. The molecule has 1 amide bonds. The van der Waals surface area contributed by atoms with Crippen LogP contribution in [-0.4, -0.2) is 66.9 Å². The lowest BCUT2D eigenvalue weighted by atomic mass is 10.1. The molecule has 0 radical (unpaired) electrons. The molecule has 0 aliphatic heterocycles. The number of ether oxygens (including phenoxy) is 2. The molecule has 0 fully saturated rings. The van der Waals surface area contributed by atoms with E-state index in [0.717, 1.165) is 30.5 Å². The van der Waals surface area contributed by atoms with Crippen LogP contribution in [0, 0.1) is 5.82 Å². The van der Waals surface area contributed by atoms with E-state index < -0.39 is 0 Å². The van der Waals surface area contributed by atoms with E-state index in [9.17, 15) is 9.18 Å². The summed E-state index contributed by atoms with van der Waals surface area (Å²) in [7, 11) is 0. The van der Waals surface area contributed by atoms with Gasteiger partial charge in [0, 0.05) is 38.3 Å². The first kappa shape index (κ1) is 30.7. The highest BCUT2D eigenvalue weighted by atomic mass is 19.1. The molecule has 40 heavy (non-hydrogen) atoms. The zero-order chi connectivity index (χ0) is 28.4. The van der Waals surface area contributed by atoms with Gasteiger partial charge in [-0.1, -0.05) is 37.6 Å². The van der Waals surface area contributed by atoms with Crippen LogP contribution in [-0.2, 0) is 22.6 Å². The molecule has 0 aliphatic carbocycles. The topological polar surface area (TPSA) is 148 Å². The highest BCUT2D eigenvalue weighted by molar-refractivity contribution is 5.94. The van der Waals surface area contributed by atoms with Crippen LogP contribution in [0.1, 0.15) is 41.3 Å². The number of carbonyl (C=O) groups is 1. The number of aromatic nitrogens is 3. The second-order valence-electron chi connectivity index (χ2n) is 8.89. The molecule has 12 heteroatoms. The van der Waals surface area contributed by atoms with Gasteiger partial charge in [-0.3, -0.25) is 4.79 Å². The van der Waals surface area contributed by atoms with Crippen LogP contribution in [0.4, 0.5) is 22.2 Å². The van der Waals surface area contributed by atoms with Crippen molar-refractivity contribution < 1.29 is 18.7 Å². The number of carbonyl (C=O) groups excluding carboxylic acids is 1. The largest absolute Gasteiger partial charge is 0.378 e. The van der Waals surface area contributed by atoms with Gasteiger partial charge in [0.25, 0.3) is 5.91 Å². The number of nitrogens with zero attached hydrogens (tertiary/aromatic N) is 3. The van der Waals surface area contributed by atoms with Crippen molar-refractivity contribution in [2.24, 2.45) is 5.73 Å². The van der Waals surface area contributed by atoms with Crippen LogP contribution in [0.3, 0.4) is 0 Å². The van der Waals surface area contributed by atoms with Crippen molar-refractivity contribution in [2.45, 2.75) is 32.9 Å². The van der Waals surface area contributed by atoms with Crippen LogP contribution in [0.15, 0.2) is 48.5 Å². The third-order valence-electron chi connectivity index (χ3n) is 5.62. The molecule has 216 valence electrons. The third kappa shape index (κ3) is 11.5. The number of rotatable bonds is 19. The molecule has 0 atom stereocenters. The molecule has 3 rings (SSSR count). The van der Waals surface area contributed by atoms with Gasteiger partial charge in [0.1, 0.15) is 5.82 Å². The predicted octanol–water partition coefficient (Wildman–Crippen LogP) is 3.17. The van der Waals surface area contributed by atoms with E-state index in [0.29, 0.717) is 76.0 Å². The highest BCUT2D eigenvalue weighted by Crippen LogP contribution is 2.13. The lowest BCUT2D eigenvalue weighted by molar-refractivity contribution is 0.0511. The van der Waals surface area contributed by atoms with E-state index in [1.807, 2.05) is 18.2 Å². The Morgan fingerprint density at radius 1 is 0.825 bits per heavy atom. The minimum absolute atomic E-state index is 0.170. The smallest absolute Gasteiger partial charge is 0.251 e. The summed E-state index contributed by atoms with van der Waals surface area (Å²) in [6, 6.07) is 13.6. The van der Waals surface area contributed by atoms with Crippen LogP contribution in [0.2, 0.25) is 0 Å². The van der Waals surface area contributed by atoms with E-state index in [-0.39, 0.29) is 11.7 Å². The Hall–Kier alpha value is -3.87. The summed E-state index contributed by atoms with van der Waals surface area (Å²) in [5.74, 6) is 0.756. The number of benzene rings is 2. The van der Waals surface area contributed by atoms with Gasteiger partial charge in [-0.05, 0) is 41.8 Å².